The van der Waals surface area contributed by atoms with Crippen LogP contribution in [-0.2, 0) is 6.42 Å². The third-order valence-corrected chi connectivity index (χ3v) is 3.15. The van der Waals surface area contributed by atoms with Gasteiger partial charge in [0.1, 0.15) is 0 Å². The van der Waals surface area contributed by atoms with Gasteiger partial charge >= 0.3 is 0 Å². The average Bonchev–Trinajstić information content (AvgIpc) is 2.64. The molecule has 0 bridgehead atoms. The normalized spacial score (nSPS) is 11.8. The van der Waals surface area contributed by atoms with Gasteiger partial charge in [0.15, 0.2) is 5.69 Å². The van der Waals surface area contributed by atoms with Crippen molar-refractivity contribution in [3.63, 3.8) is 0 Å². The first kappa shape index (κ1) is 9.18. The first-order chi connectivity index (χ1) is 7.78. The van der Waals surface area contributed by atoms with Gasteiger partial charge in [-0.1, -0.05) is 42.0 Å². The van der Waals surface area contributed by atoms with Crippen LogP contribution in [0.4, 0.5) is 5.69 Å². The lowest BCUT2D eigenvalue weighted by Crippen LogP contribution is -1.80. The number of aryl methyl sites for hydroxylation is 1. The summed E-state index contributed by atoms with van der Waals surface area (Å²) in [6.45, 7) is 9.15. The average molecular weight is 205 g/mol. The molecule has 76 valence electrons. The maximum Gasteiger partial charge on any atom is 0.187 e. The molecule has 0 aromatic heterocycles. The predicted molar refractivity (Wildman–Crippen MR) is 65.7 cm³/mol. The van der Waals surface area contributed by atoms with E-state index < -0.39 is 0 Å². The summed E-state index contributed by atoms with van der Waals surface area (Å²) in [6.07, 6.45) is 0.968. The third-order valence-electron chi connectivity index (χ3n) is 3.15. The van der Waals surface area contributed by atoms with E-state index in [1.54, 1.807) is 0 Å². The molecule has 1 aliphatic carbocycles. The summed E-state index contributed by atoms with van der Waals surface area (Å²) >= 11 is 0. The Bertz CT molecular complexity index is 618. The summed E-state index contributed by atoms with van der Waals surface area (Å²) in [6, 6.07) is 12.6. The summed E-state index contributed by atoms with van der Waals surface area (Å²) in [7, 11) is 0. The highest BCUT2D eigenvalue weighted by Crippen LogP contribution is 2.38. The Balaban J connectivity index is 2.21. The van der Waals surface area contributed by atoms with Crippen LogP contribution in [0.1, 0.15) is 16.7 Å². The second-order valence-electron chi connectivity index (χ2n) is 4.29. The van der Waals surface area contributed by atoms with Gasteiger partial charge in [0.25, 0.3) is 0 Å². The quantitative estimate of drug-likeness (QED) is 0.486. The number of rotatable bonds is 0. The summed E-state index contributed by atoms with van der Waals surface area (Å²) in [5.41, 5.74) is 7.34. The van der Waals surface area contributed by atoms with E-state index in [0.29, 0.717) is 0 Å². The van der Waals surface area contributed by atoms with Crippen LogP contribution in [0.3, 0.4) is 0 Å². The molecule has 3 rings (SSSR count). The highest BCUT2D eigenvalue weighted by molar-refractivity contribution is 5.78. The minimum Gasteiger partial charge on any atom is -0.238 e. The molecule has 0 spiro atoms. The van der Waals surface area contributed by atoms with Crippen LogP contribution in [0.15, 0.2) is 36.4 Å². The molecule has 0 fully saturated rings. The van der Waals surface area contributed by atoms with Gasteiger partial charge < -0.3 is 0 Å². The third kappa shape index (κ3) is 1.24. The van der Waals surface area contributed by atoms with Gasteiger partial charge in [0.2, 0.25) is 0 Å². The van der Waals surface area contributed by atoms with Crippen molar-refractivity contribution in [1.29, 1.82) is 0 Å². The molecule has 1 heteroatoms. The minimum absolute atomic E-state index is 0.739. The lowest BCUT2D eigenvalue weighted by molar-refractivity contribution is 1.25. The van der Waals surface area contributed by atoms with Gasteiger partial charge in [-0.05, 0) is 35.6 Å². The second kappa shape index (κ2) is 3.21. The Labute approximate surface area is 95.2 Å². The fourth-order valence-electron chi connectivity index (χ4n) is 2.40. The summed E-state index contributed by atoms with van der Waals surface area (Å²) in [4.78, 5) is 3.48. The van der Waals surface area contributed by atoms with Gasteiger partial charge in [0, 0.05) is 0 Å². The van der Waals surface area contributed by atoms with Crippen molar-refractivity contribution >= 4 is 5.69 Å². The molecule has 0 atom stereocenters. The number of nitrogens with zero attached hydrogens (tertiary/aromatic N) is 1. The number of fused-ring (bicyclic) bond motifs is 3. The molecule has 0 radical (unpaired) electrons. The van der Waals surface area contributed by atoms with E-state index in [2.05, 4.69) is 36.0 Å². The molecule has 0 heterocycles. The molecule has 0 N–H and O–H groups in total. The standard InChI is InChI=1S/C15H11N/c1-10-3-5-14-11(7-10)8-12-9-13(16-2)4-6-15(12)14/h3-7,9H,8H2,1H3. The highest BCUT2D eigenvalue weighted by atomic mass is 14.6. The molecule has 2 aromatic rings. The van der Waals surface area contributed by atoms with Gasteiger partial charge in [-0.3, -0.25) is 0 Å². The Kier molecular flexibility index (Phi) is 1.84. The van der Waals surface area contributed by atoms with Crippen molar-refractivity contribution in [2.75, 3.05) is 0 Å². The molecule has 0 saturated carbocycles. The van der Waals surface area contributed by atoms with Crippen molar-refractivity contribution in [2.45, 2.75) is 13.3 Å². The Morgan fingerprint density at radius 1 is 1.00 bits per heavy atom. The van der Waals surface area contributed by atoms with Crippen molar-refractivity contribution in [2.24, 2.45) is 0 Å². The Hall–Kier alpha value is -2.07. The maximum atomic E-state index is 7.03. The lowest BCUT2D eigenvalue weighted by atomic mass is 10.0. The predicted octanol–water partition coefficient (Wildman–Crippen LogP) is 4.12. The van der Waals surface area contributed by atoms with E-state index in [0.717, 1.165) is 12.1 Å². The lowest BCUT2D eigenvalue weighted by Gasteiger charge is -2.01. The summed E-state index contributed by atoms with van der Waals surface area (Å²) < 4.78 is 0. The zero-order valence-electron chi connectivity index (χ0n) is 9.12. The summed E-state index contributed by atoms with van der Waals surface area (Å²) in [5, 5.41) is 0. The largest absolute Gasteiger partial charge is 0.238 e. The zero-order valence-corrected chi connectivity index (χ0v) is 9.12. The van der Waals surface area contributed by atoms with Gasteiger partial charge in [-0.15, -0.1) is 0 Å². The number of hydrogen-bond acceptors (Lipinski definition) is 0. The Morgan fingerprint density at radius 3 is 2.44 bits per heavy atom. The van der Waals surface area contributed by atoms with Gasteiger partial charge in [-0.25, -0.2) is 4.85 Å². The van der Waals surface area contributed by atoms with Crippen molar-refractivity contribution in [3.8, 4) is 11.1 Å². The van der Waals surface area contributed by atoms with E-state index in [9.17, 15) is 0 Å². The van der Waals surface area contributed by atoms with E-state index in [1.807, 2.05) is 12.1 Å². The van der Waals surface area contributed by atoms with Gasteiger partial charge in [0.05, 0.1) is 6.57 Å². The monoisotopic (exact) mass is 205 g/mol. The molecule has 2 aromatic carbocycles. The van der Waals surface area contributed by atoms with Gasteiger partial charge in [-0.2, -0.15) is 0 Å². The van der Waals surface area contributed by atoms with E-state index in [-0.39, 0.29) is 0 Å². The maximum absolute atomic E-state index is 7.03. The van der Waals surface area contributed by atoms with Crippen LogP contribution >= 0.6 is 0 Å². The first-order valence-corrected chi connectivity index (χ1v) is 5.38. The van der Waals surface area contributed by atoms with Crippen molar-refractivity contribution in [1.82, 2.24) is 0 Å². The molecule has 0 unspecified atom stereocenters. The molecule has 16 heavy (non-hydrogen) atoms. The molecule has 0 amide bonds. The van der Waals surface area contributed by atoms with Crippen LogP contribution in [0, 0.1) is 13.5 Å². The van der Waals surface area contributed by atoms with E-state index in [4.69, 9.17) is 6.57 Å². The molecule has 1 aliphatic rings. The molecule has 0 saturated heterocycles. The molecule has 1 nitrogen and oxygen atoms in total. The SMILES string of the molecule is [C-]#[N+]c1ccc2c(c1)Cc1cc(C)ccc1-2. The van der Waals surface area contributed by atoms with E-state index >= 15 is 0 Å². The Morgan fingerprint density at radius 2 is 1.69 bits per heavy atom. The number of benzene rings is 2. The van der Waals surface area contributed by atoms with E-state index in [1.165, 1.54) is 27.8 Å². The van der Waals surface area contributed by atoms with Crippen LogP contribution in [0.25, 0.3) is 16.0 Å². The zero-order chi connectivity index (χ0) is 11.1. The minimum atomic E-state index is 0.739. The second-order valence-corrected chi connectivity index (χ2v) is 4.29. The topological polar surface area (TPSA) is 4.36 Å². The molecule has 0 aliphatic heterocycles. The fraction of sp³-hybridized carbons (Fsp3) is 0.133. The van der Waals surface area contributed by atoms with Crippen molar-refractivity contribution < 1.29 is 0 Å². The van der Waals surface area contributed by atoms with Crippen LogP contribution in [0.5, 0.6) is 0 Å². The highest BCUT2D eigenvalue weighted by Gasteiger charge is 2.17. The molecular formula is C15H11N. The molecular weight excluding hydrogens is 194 g/mol. The van der Waals surface area contributed by atoms with Crippen molar-refractivity contribution in [3.05, 3.63) is 64.5 Å². The first-order valence-electron chi connectivity index (χ1n) is 5.38. The van der Waals surface area contributed by atoms with Crippen LogP contribution in [0.2, 0.25) is 0 Å². The summed E-state index contributed by atoms with van der Waals surface area (Å²) in [5.74, 6) is 0. The fourth-order valence-corrected chi connectivity index (χ4v) is 2.40. The van der Waals surface area contributed by atoms with Crippen LogP contribution < -0.4 is 0 Å². The number of hydrogen-bond donors (Lipinski definition) is 0. The smallest absolute Gasteiger partial charge is 0.187 e. The van der Waals surface area contributed by atoms with Crippen LogP contribution in [-0.4, -0.2) is 0 Å².